The molecule has 2 amide bonds. The highest BCUT2D eigenvalue weighted by Gasteiger charge is 2.31. The van der Waals surface area contributed by atoms with Crippen LogP contribution in [0, 0.1) is 0 Å². The van der Waals surface area contributed by atoms with Crippen molar-refractivity contribution in [3.8, 4) is 0 Å². The number of carbonyl (C=O) groups excluding carboxylic acids is 2. The number of amides is 2. The maximum atomic E-state index is 13.3. The second kappa shape index (κ2) is 10.4. The lowest BCUT2D eigenvalue weighted by Crippen LogP contribution is -2.52. The van der Waals surface area contributed by atoms with Gasteiger partial charge in [-0.25, -0.2) is 0 Å². The SMILES string of the molecule is CCC(=O)N(Cc1cccc(Cl)c1)C(Cc1ccccc1)C(=O)NC1CCCC1. The fourth-order valence-electron chi connectivity index (χ4n) is 3.96. The molecule has 0 spiro atoms. The average molecular weight is 413 g/mol. The van der Waals surface area contributed by atoms with Crippen molar-refractivity contribution >= 4 is 23.4 Å². The molecule has 1 saturated carbocycles. The van der Waals surface area contributed by atoms with Crippen LogP contribution in [0.25, 0.3) is 0 Å². The number of carbonyl (C=O) groups is 2. The zero-order valence-electron chi connectivity index (χ0n) is 16.9. The van der Waals surface area contributed by atoms with Gasteiger partial charge in [-0.15, -0.1) is 0 Å². The fraction of sp³-hybridized carbons (Fsp3) is 0.417. The van der Waals surface area contributed by atoms with E-state index in [1.54, 1.807) is 4.90 Å². The lowest BCUT2D eigenvalue weighted by Gasteiger charge is -2.32. The number of halogens is 1. The molecule has 1 atom stereocenters. The Kier molecular flexibility index (Phi) is 7.70. The smallest absolute Gasteiger partial charge is 0.243 e. The monoisotopic (exact) mass is 412 g/mol. The summed E-state index contributed by atoms with van der Waals surface area (Å²) < 4.78 is 0. The predicted octanol–water partition coefficient (Wildman–Crippen LogP) is 4.75. The van der Waals surface area contributed by atoms with Gasteiger partial charge in [0.1, 0.15) is 6.04 Å². The largest absolute Gasteiger partial charge is 0.352 e. The van der Waals surface area contributed by atoms with Crippen LogP contribution >= 0.6 is 11.6 Å². The molecule has 3 rings (SSSR count). The lowest BCUT2D eigenvalue weighted by atomic mass is 10.0. The topological polar surface area (TPSA) is 49.4 Å². The molecule has 2 aromatic rings. The minimum absolute atomic E-state index is 0.0347. The Morgan fingerprint density at radius 1 is 1.07 bits per heavy atom. The highest BCUT2D eigenvalue weighted by atomic mass is 35.5. The van der Waals surface area contributed by atoms with Gasteiger partial charge in [-0.1, -0.05) is 73.8 Å². The summed E-state index contributed by atoms with van der Waals surface area (Å²) in [7, 11) is 0. The second-order valence-corrected chi connectivity index (χ2v) is 8.14. The summed E-state index contributed by atoms with van der Waals surface area (Å²) in [6.45, 7) is 2.20. The molecule has 2 aromatic carbocycles. The van der Waals surface area contributed by atoms with Crippen LogP contribution in [0.15, 0.2) is 54.6 Å². The second-order valence-electron chi connectivity index (χ2n) is 7.70. The molecule has 1 unspecified atom stereocenters. The lowest BCUT2D eigenvalue weighted by molar-refractivity contribution is -0.141. The molecule has 5 heteroatoms. The molecule has 0 radical (unpaired) electrons. The van der Waals surface area contributed by atoms with Gasteiger partial charge in [-0.2, -0.15) is 0 Å². The third-order valence-electron chi connectivity index (χ3n) is 5.52. The Bertz CT molecular complexity index is 819. The highest BCUT2D eigenvalue weighted by Crippen LogP contribution is 2.21. The average Bonchev–Trinajstić information content (AvgIpc) is 3.24. The maximum absolute atomic E-state index is 13.3. The molecule has 1 aliphatic rings. The molecule has 0 saturated heterocycles. The van der Waals surface area contributed by atoms with Crippen molar-refractivity contribution in [1.29, 1.82) is 0 Å². The van der Waals surface area contributed by atoms with E-state index in [1.165, 1.54) is 0 Å². The van der Waals surface area contributed by atoms with Crippen molar-refractivity contribution in [3.63, 3.8) is 0 Å². The standard InChI is InChI=1S/C24H29ClN2O2/c1-2-23(28)27(17-19-11-8-12-20(25)15-19)22(16-18-9-4-3-5-10-18)24(29)26-21-13-6-7-14-21/h3-5,8-12,15,21-22H,2,6-7,13-14,16-17H2,1H3,(H,26,29). The molecule has 1 aliphatic carbocycles. The van der Waals surface area contributed by atoms with Crippen molar-refractivity contribution in [1.82, 2.24) is 10.2 Å². The highest BCUT2D eigenvalue weighted by molar-refractivity contribution is 6.30. The van der Waals surface area contributed by atoms with Gasteiger partial charge < -0.3 is 10.2 Å². The van der Waals surface area contributed by atoms with Gasteiger partial charge in [-0.3, -0.25) is 9.59 Å². The first-order valence-electron chi connectivity index (χ1n) is 10.4. The molecule has 1 N–H and O–H groups in total. The van der Waals surface area contributed by atoms with Gasteiger partial charge in [0.2, 0.25) is 11.8 Å². The van der Waals surface area contributed by atoms with Crippen molar-refractivity contribution in [3.05, 3.63) is 70.7 Å². The van der Waals surface area contributed by atoms with Crippen LogP contribution in [0.4, 0.5) is 0 Å². The molecule has 1 fully saturated rings. The molecular formula is C24H29ClN2O2. The maximum Gasteiger partial charge on any atom is 0.243 e. The van der Waals surface area contributed by atoms with Gasteiger partial charge in [0.25, 0.3) is 0 Å². The van der Waals surface area contributed by atoms with Crippen molar-refractivity contribution in [2.24, 2.45) is 0 Å². The van der Waals surface area contributed by atoms with Crippen LogP contribution in [-0.2, 0) is 22.6 Å². The number of rotatable bonds is 8. The minimum Gasteiger partial charge on any atom is -0.352 e. The summed E-state index contributed by atoms with van der Waals surface area (Å²) in [6, 6.07) is 17.0. The van der Waals surface area contributed by atoms with E-state index >= 15 is 0 Å². The number of hydrogen-bond donors (Lipinski definition) is 1. The summed E-state index contributed by atoms with van der Waals surface area (Å²) in [5, 5.41) is 3.82. The Hall–Kier alpha value is -2.33. The number of nitrogens with one attached hydrogen (secondary N) is 1. The summed E-state index contributed by atoms with van der Waals surface area (Å²) in [4.78, 5) is 27.9. The van der Waals surface area contributed by atoms with Gasteiger partial charge in [0.05, 0.1) is 0 Å². The van der Waals surface area contributed by atoms with E-state index in [2.05, 4.69) is 5.32 Å². The summed E-state index contributed by atoms with van der Waals surface area (Å²) in [5.74, 6) is -0.0999. The quantitative estimate of drug-likeness (QED) is 0.680. The first-order chi connectivity index (χ1) is 14.1. The Morgan fingerprint density at radius 3 is 2.41 bits per heavy atom. The number of nitrogens with zero attached hydrogens (tertiary/aromatic N) is 1. The number of hydrogen-bond acceptors (Lipinski definition) is 2. The molecular weight excluding hydrogens is 384 g/mol. The Labute approximate surface area is 178 Å². The third-order valence-corrected chi connectivity index (χ3v) is 5.75. The van der Waals surface area contributed by atoms with E-state index in [4.69, 9.17) is 11.6 Å². The predicted molar refractivity (Wildman–Crippen MR) is 117 cm³/mol. The van der Waals surface area contributed by atoms with Crippen molar-refractivity contribution in [2.75, 3.05) is 0 Å². The van der Waals surface area contributed by atoms with Crippen molar-refractivity contribution < 1.29 is 9.59 Å². The molecule has 0 heterocycles. The van der Waals surface area contributed by atoms with Crippen LogP contribution in [0.5, 0.6) is 0 Å². The van der Waals surface area contributed by atoms with Crippen LogP contribution in [0.2, 0.25) is 5.02 Å². The fourth-order valence-corrected chi connectivity index (χ4v) is 4.17. The molecule has 4 nitrogen and oxygen atoms in total. The Morgan fingerprint density at radius 2 is 1.76 bits per heavy atom. The van der Waals surface area contributed by atoms with E-state index in [0.717, 1.165) is 36.8 Å². The summed E-state index contributed by atoms with van der Waals surface area (Å²) >= 11 is 6.14. The number of benzene rings is 2. The van der Waals surface area contributed by atoms with Crippen LogP contribution < -0.4 is 5.32 Å². The van der Waals surface area contributed by atoms with E-state index in [0.29, 0.717) is 24.4 Å². The molecule has 0 aliphatic heterocycles. The zero-order chi connectivity index (χ0) is 20.6. The van der Waals surface area contributed by atoms with Gasteiger partial charge >= 0.3 is 0 Å². The van der Waals surface area contributed by atoms with Gasteiger partial charge in [0, 0.05) is 30.5 Å². The molecule has 154 valence electrons. The van der Waals surface area contributed by atoms with E-state index in [9.17, 15) is 9.59 Å². The first kappa shape index (κ1) is 21.4. The molecule has 0 aromatic heterocycles. The molecule has 0 bridgehead atoms. The van der Waals surface area contributed by atoms with Crippen LogP contribution in [-0.4, -0.2) is 28.8 Å². The first-order valence-corrected chi connectivity index (χ1v) is 10.8. The van der Waals surface area contributed by atoms with Crippen molar-refractivity contribution in [2.45, 2.75) is 64.1 Å². The summed E-state index contributed by atoms with van der Waals surface area (Å²) in [6.07, 6.45) is 5.16. The minimum atomic E-state index is -0.551. The van der Waals surface area contributed by atoms with Crippen LogP contribution in [0.3, 0.4) is 0 Å². The Balaban J connectivity index is 1.87. The zero-order valence-corrected chi connectivity index (χ0v) is 17.7. The van der Waals surface area contributed by atoms with Gasteiger partial charge in [0.15, 0.2) is 0 Å². The summed E-state index contributed by atoms with van der Waals surface area (Å²) in [5.41, 5.74) is 1.96. The van der Waals surface area contributed by atoms with Crippen LogP contribution in [0.1, 0.15) is 50.2 Å². The molecule has 29 heavy (non-hydrogen) atoms. The third kappa shape index (κ3) is 6.07. The van der Waals surface area contributed by atoms with E-state index in [-0.39, 0.29) is 17.9 Å². The van der Waals surface area contributed by atoms with Gasteiger partial charge in [-0.05, 0) is 36.1 Å². The van der Waals surface area contributed by atoms with E-state index < -0.39 is 6.04 Å². The van der Waals surface area contributed by atoms with E-state index in [1.807, 2.05) is 61.5 Å². The normalized spacial score (nSPS) is 15.1.